The predicted octanol–water partition coefficient (Wildman–Crippen LogP) is 5.86. The molecule has 4 N–H and O–H groups in total. The lowest BCUT2D eigenvalue weighted by Gasteiger charge is -2.31. The monoisotopic (exact) mass is 831 g/mol. The Morgan fingerprint density at radius 2 is 1.65 bits per heavy atom. The molecule has 4 amide bonds. The van der Waals surface area contributed by atoms with Gasteiger partial charge in [0.15, 0.2) is 0 Å². The molecule has 4 aromatic rings. The van der Waals surface area contributed by atoms with E-state index < -0.39 is 72.8 Å². The van der Waals surface area contributed by atoms with Gasteiger partial charge in [0.1, 0.15) is 35.7 Å². The van der Waals surface area contributed by atoms with Gasteiger partial charge in [-0.3, -0.25) is 14.4 Å². The molecule has 0 radical (unpaired) electrons. The van der Waals surface area contributed by atoms with Gasteiger partial charge < -0.3 is 40.2 Å². The van der Waals surface area contributed by atoms with Crippen LogP contribution in [0.1, 0.15) is 56.5 Å². The molecule has 0 aliphatic carbocycles. The second-order valence-corrected chi connectivity index (χ2v) is 15.3. The topological polar surface area (TPSA) is 185 Å². The van der Waals surface area contributed by atoms with E-state index in [0.717, 1.165) is 5.56 Å². The van der Waals surface area contributed by atoms with E-state index in [1.165, 1.54) is 24.1 Å². The van der Waals surface area contributed by atoms with E-state index >= 15 is 0 Å². The lowest BCUT2D eigenvalue weighted by atomic mass is 10.0. The summed E-state index contributed by atoms with van der Waals surface area (Å²) in [6, 6.07) is 18.4. The number of pyridine rings is 1. The minimum absolute atomic E-state index is 0.0101. The molecule has 14 nitrogen and oxygen atoms in total. The zero-order valence-corrected chi connectivity index (χ0v) is 34.2. The molecule has 0 saturated carbocycles. The maximum absolute atomic E-state index is 14.4. The summed E-state index contributed by atoms with van der Waals surface area (Å²) < 4.78 is 45.1. The van der Waals surface area contributed by atoms with Crippen molar-refractivity contribution in [2.45, 2.75) is 77.6 Å². The van der Waals surface area contributed by atoms with Gasteiger partial charge in [-0.15, -0.1) is 0 Å². The van der Waals surface area contributed by atoms with Gasteiger partial charge in [0.2, 0.25) is 24.1 Å². The third-order valence-corrected chi connectivity index (χ3v) is 9.91. The third kappa shape index (κ3) is 11.9. The van der Waals surface area contributed by atoms with Crippen molar-refractivity contribution in [1.82, 2.24) is 25.8 Å². The first kappa shape index (κ1) is 44.8. The van der Waals surface area contributed by atoms with Crippen LogP contribution in [0.3, 0.4) is 0 Å². The summed E-state index contributed by atoms with van der Waals surface area (Å²) in [5.41, 5.74) is 2.74. The largest absolute Gasteiger partial charge is 0.497 e. The molecule has 2 heterocycles. The predicted molar refractivity (Wildman–Crippen MR) is 219 cm³/mol. The molecule has 0 spiro atoms. The molecule has 0 unspecified atom stereocenters. The van der Waals surface area contributed by atoms with E-state index in [1.807, 2.05) is 44.2 Å². The zero-order chi connectivity index (χ0) is 43.5. The maximum atomic E-state index is 14.4. The molecule has 1 aliphatic heterocycles. The van der Waals surface area contributed by atoms with Crippen molar-refractivity contribution in [2.75, 3.05) is 26.8 Å². The normalized spacial score (nSPS) is 16.1. The number of nitrogens with one attached hydrogen (secondary N) is 3. The highest BCUT2D eigenvalue weighted by molar-refractivity contribution is 5.95. The summed E-state index contributed by atoms with van der Waals surface area (Å²) in [7, 11) is 1.54. The van der Waals surface area contributed by atoms with Crippen LogP contribution in [-0.2, 0) is 25.5 Å². The molecule has 60 heavy (non-hydrogen) atoms. The number of benzene rings is 3. The van der Waals surface area contributed by atoms with Crippen LogP contribution in [0.4, 0.5) is 13.6 Å². The number of amides is 4. The van der Waals surface area contributed by atoms with Crippen molar-refractivity contribution in [1.29, 1.82) is 0 Å². The number of likely N-dealkylation sites (tertiary alicyclic amines) is 1. The zero-order valence-electron chi connectivity index (χ0n) is 34.2. The van der Waals surface area contributed by atoms with Crippen LogP contribution in [0.2, 0.25) is 0 Å². The number of alkyl halides is 2. The summed E-state index contributed by atoms with van der Waals surface area (Å²) in [5.74, 6) is -2.90. The summed E-state index contributed by atoms with van der Waals surface area (Å²) >= 11 is 0. The van der Waals surface area contributed by atoms with Crippen molar-refractivity contribution < 1.29 is 52.1 Å². The number of fused-ring (bicyclic) bond motifs is 1. The number of aromatic carboxylic acids is 1. The lowest BCUT2D eigenvalue weighted by Crippen LogP contribution is -2.57. The van der Waals surface area contributed by atoms with E-state index in [-0.39, 0.29) is 44.0 Å². The Kier molecular flexibility index (Phi) is 15.4. The van der Waals surface area contributed by atoms with Crippen LogP contribution in [0.25, 0.3) is 22.2 Å². The number of hydrogen-bond acceptors (Lipinski definition) is 9. The molecule has 1 aliphatic rings. The number of methoxy groups -OCH3 is 1. The van der Waals surface area contributed by atoms with Crippen LogP contribution >= 0.6 is 0 Å². The molecule has 16 heteroatoms. The SMILES string of the molecule is COc1ccc2c(O[C@@H]3C[C@@H](C(=O)N[C@@H](CC(F)F)C(=O)NCCc4ccc(C(=O)O)cc4)N(C(=O)[C@@H](NC(=O)OCC(C)C)C(C)C)C3)cc(-c3ccccc3)nc2c1. The highest BCUT2D eigenvalue weighted by Crippen LogP contribution is 2.35. The Labute approximate surface area is 347 Å². The van der Waals surface area contributed by atoms with Gasteiger partial charge in [0.05, 0.1) is 37.0 Å². The Morgan fingerprint density at radius 3 is 2.28 bits per heavy atom. The quantitative estimate of drug-likeness (QED) is 0.0947. The Hall–Kier alpha value is -6.32. The Balaban J connectivity index is 1.42. The van der Waals surface area contributed by atoms with Gasteiger partial charge in [-0.2, -0.15) is 0 Å². The first-order chi connectivity index (χ1) is 28.6. The summed E-state index contributed by atoms with van der Waals surface area (Å²) in [5, 5.41) is 17.4. The highest BCUT2D eigenvalue weighted by atomic mass is 19.3. The summed E-state index contributed by atoms with van der Waals surface area (Å²) in [6.45, 7) is 7.15. The van der Waals surface area contributed by atoms with E-state index in [1.54, 1.807) is 50.2 Å². The van der Waals surface area contributed by atoms with Crippen LogP contribution in [-0.4, -0.2) is 102 Å². The second-order valence-electron chi connectivity index (χ2n) is 15.3. The van der Waals surface area contributed by atoms with Crippen molar-refractivity contribution >= 4 is 40.7 Å². The van der Waals surface area contributed by atoms with Gasteiger partial charge in [-0.05, 0) is 48.1 Å². The van der Waals surface area contributed by atoms with Crippen molar-refractivity contribution in [3.63, 3.8) is 0 Å². The minimum Gasteiger partial charge on any atom is -0.497 e. The van der Waals surface area contributed by atoms with E-state index in [4.69, 9.17) is 24.3 Å². The molecule has 0 bridgehead atoms. The molecule has 3 aromatic carbocycles. The van der Waals surface area contributed by atoms with Gasteiger partial charge >= 0.3 is 12.1 Å². The fraction of sp³-hybridized carbons (Fsp3) is 0.409. The summed E-state index contributed by atoms with van der Waals surface area (Å²) in [4.78, 5) is 72.0. The summed E-state index contributed by atoms with van der Waals surface area (Å²) in [6.07, 6.45) is -5.42. The van der Waals surface area contributed by atoms with Crippen molar-refractivity contribution in [2.24, 2.45) is 11.8 Å². The first-order valence-electron chi connectivity index (χ1n) is 19.8. The molecule has 1 aromatic heterocycles. The maximum Gasteiger partial charge on any atom is 0.407 e. The van der Waals surface area contributed by atoms with E-state index in [0.29, 0.717) is 33.7 Å². The van der Waals surface area contributed by atoms with E-state index in [2.05, 4.69) is 16.0 Å². The van der Waals surface area contributed by atoms with Gasteiger partial charge in [-0.1, -0.05) is 70.2 Å². The number of carboxylic acid groups (broad SMARTS) is 1. The number of carbonyl (C=O) groups is 5. The average molecular weight is 832 g/mol. The highest BCUT2D eigenvalue weighted by Gasteiger charge is 2.45. The molecular formula is C44H51F2N5O9. The molecule has 4 atom stereocenters. The number of halogens is 2. The number of rotatable bonds is 18. The van der Waals surface area contributed by atoms with E-state index in [9.17, 15) is 32.8 Å². The molecule has 5 rings (SSSR count). The van der Waals surface area contributed by atoms with Crippen molar-refractivity contribution in [3.8, 4) is 22.8 Å². The number of carboxylic acids is 1. The first-order valence-corrected chi connectivity index (χ1v) is 19.8. The average Bonchev–Trinajstić information content (AvgIpc) is 3.65. The fourth-order valence-corrected chi connectivity index (χ4v) is 6.76. The van der Waals surface area contributed by atoms with Crippen molar-refractivity contribution in [3.05, 3.63) is 90.0 Å². The van der Waals surface area contributed by atoms with Crippen LogP contribution < -0.4 is 25.4 Å². The number of hydrogen-bond donors (Lipinski definition) is 4. The third-order valence-electron chi connectivity index (χ3n) is 9.91. The molecule has 1 saturated heterocycles. The number of aromatic nitrogens is 1. The van der Waals surface area contributed by atoms with Crippen LogP contribution in [0.15, 0.2) is 78.9 Å². The molecule has 320 valence electrons. The van der Waals surface area contributed by atoms with Crippen LogP contribution in [0.5, 0.6) is 11.5 Å². The Morgan fingerprint density at radius 1 is 0.933 bits per heavy atom. The number of nitrogens with zero attached hydrogens (tertiary/aromatic N) is 2. The fourth-order valence-electron chi connectivity index (χ4n) is 6.76. The molecular weight excluding hydrogens is 781 g/mol. The molecule has 1 fully saturated rings. The Bertz CT molecular complexity index is 2140. The minimum atomic E-state index is -2.97. The van der Waals surface area contributed by atoms with Gasteiger partial charge in [-0.25, -0.2) is 23.4 Å². The lowest BCUT2D eigenvalue weighted by molar-refractivity contribution is -0.141. The number of alkyl carbamates (subject to hydrolysis) is 1. The van der Waals surface area contributed by atoms with Gasteiger partial charge in [0, 0.05) is 42.5 Å². The number of ether oxygens (including phenoxy) is 3. The number of carbonyl (C=O) groups excluding carboxylic acids is 4. The van der Waals surface area contributed by atoms with Gasteiger partial charge in [0.25, 0.3) is 0 Å². The second kappa shape index (κ2) is 20.6. The smallest absolute Gasteiger partial charge is 0.407 e. The van der Waals surface area contributed by atoms with Crippen LogP contribution in [0, 0.1) is 11.8 Å². The standard InChI is InChI=1S/C44H51F2N5O9/c1-25(2)24-59-44(57)50-39(26(3)4)42(54)51-23-31(60-37-21-33(28-9-7-6-8-10-28)48-34-19-30(58-5)15-16-32(34)37)20-36(51)41(53)49-35(22-38(45)46)40(52)47-18-17-27-11-13-29(14-12-27)43(55)56/h6-16,19,21,25-26,31,35-36,38-39H,17-18,20,22-24H2,1-5H3,(H,47,52)(H,49,53)(H,50,57)(H,55,56)/t31-,35+,36+,39+/m1/s1.